The fourth-order valence-corrected chi connectivity index (χ4v) is 2.72. The molecule has 0 heterocycles. The van der Waals surface area contributed by atoms with Crippen molar-refractivity contribution in [3.05, 3.63) is 59.1 Å². The van der Waals surface area contributed by atoms with Crippen LogP contribution >= 0.6 is 11.6 Å². The molecule has 0 fully saturated rings. The smallest absolute Gasteiger partial charge is 0.338 e. The first-order valence-corrected chi connectivity index (χ1v) is 10.0. The van der Waals surface area contributed by atoms with Crippen molar-refractivity contribution in [2.75, 3.05) is 31.6 Å². The minimum Gasteiger partial charge on any atom is -0.481 e. The first-order chi connectivity index (χ1) is 13.9. The average molecular weight is 419 g/mol. The molecule has 1 N–H and O–H groups in total. The number of hydrogen-bond acceptors (Lipinski definition) is 5. The van der Waals surface area contributed by atoms with Gasteiger partial charge in [-0.3, -0.25) is 4.79 Å². The van der Waals surface area contributed by atoms with Crippen molar-refractivity contribution in [2.24, 2.45) is 0 Å². The van der Waals surface area contributed by atoms with Crippen LogP contribution in [0.3, 0.4) is 0 Å². The van der Waals surface area contributed by atoms with E-state index < -0.39 is 6.10 Å². The van der Waals surface area contributed by atoms with Crippen LogP contribution in [0.5, 0.6) is 5.75 Å². The lowest BCUT2D eigenvalue weighted by Gasteiger charge is -2.17. The molecule has 0 aliphatic carbocycles. The number of halogens is 1. The highest BCUT2D eigenvalue weighted by Crippen LogP contribution is 2.17. The average Bonchev–Trinajstić information content (AvgIpc) is 2.73. The molecular formula is C22H27ClN2O4. The predicted molar refractivity (Wildman–Crippen MR) is 115 cm³/mol. The summed E-state index contributed by atoms with van der Waals surface area (Å²) >= 11 is 5.84. The molecular weight excluding hydrogens is 392 g/mol. The van der Waals surface area contributed by atoms with E-state index in [9.17, 15) is 9.59 Å². The minimum absolute atomic E-state index is 0.297. The lowest BCUT2D eigenvalue weighted by Crippen LogP contribution is -2.30. The maximum absolute atomic E-state index is 12.3. The molecule has 2 rings (SSSR count). The third-order valence-corrected chi connectivity index (χ3v) is 4.67. The van der Waals surface area contributed by atoms with Gasteiger partial charge >= 0.3 is 5.97 Å². The molecule has 0 aliphatic heterocycles. The summed E-state index contributed by atoms with van der Waals surface area (Å²) in [6.45, 7) is 8.69. The maximum atomic E-state index is 12.3. The summed E-state index contributed by atoms with van der Waals surface area (Å²) in [4.78, 5) is 26.6. The Morgan fingerprint density at radius 3 is 2.24 bits per heavy atom. The zero-order chi connectivity index (χ0) is 21.2. The van der Waals surface area contributed by atoms with Crippen molar-refractivity contribution in [1.29, 1.82) is 0 Å². The number of likely N-dealkylation sites (N-methyl/N-ethyl adjacent to an activating group) is 1. The number of ether oxygens (including phenoxy) is 2. The number of esters is 1. The molecule has 1 unspecified atom stereocenters. The molecule has 1 atom stereocenters. The largest absolute Gasteiger partial charge is 0.481 e. The maximum Gasteiger partial charge on any atom is 0.338 e. The van der Waals surface area contributed by atoms with Gasteiger partial charge in [-0.05, 0) is 68.5 Å². The Bertz CT molecular complexity index is 789. The van der Waals surface area contributed by atoms with Crippen LogP contribution < -0.4 is 10.1 Å². The number of benzene rings is 2. The van der Waals surface area contributed by atoms with Gasteiger partial charge in [0.25, 0.3) is 5.91 Å². The quantitative estimate of drug-likeness (QED) is 0.584. The van der Waals surface area contributed by atoms with Gasteiger partial charge < -0.3 is 19.7 Å². The molecule has 2 aromatic carbocycles. The Morgan fingerprint density at radius 1 is 1.03 bits per heavy atom. The van der Waals surface area contributed by atoms with Gasteiger partial charge in [0.1, 0.15) is 12.4 Å². The standard InChI is InChI=1S/C22H27ClN2O4/c1-4-25(5-2)14-15-28-22(27)17-6-10-19(11-7-17)24-21(26)16(3)29-20-12-8-18(23)9-13-20/h6-13,16H,4-5,14-15H2,1-3H3,(H,24,26). The fourth-order valence-electron chi connectivity index (χ4n) is 2.59. The minimum atomic E-state index is -0.694. The summed E-state index contributed by atoms with van der Waals surface area (Å²) in [6, 6.07) is 13.4. The van der Waals surface area contributed by atoms with Crippen LogP contribution in [0.2, 0.25) is 5.02 Å². The van der Waals surface area contributed by atoms with Crippen LogP contribution in [-0.4, -0.2) is 49.1 Å². The zero-order valence-electron chi connectivity index (χ0n) is 17.0. The van der Waals surface area contributed by atoms with Crippen LogP contribution in [0.25, 0.3) is 0 Å². The lowest BCUT2D eigenvalue weighted by atomic mass is 10.2. The van der Waals surface area contributed by atoms with Crippen LogP contribution in [0, 0.1) is 0 Å². The van der Waals surface area contributed by atoms with Crippen molar-refractivity contribution in [3.63, 3.8) is 0 Å². The van der Waals surface area contributed by atoms with E-state index in [2.05, 4.69) is 24.1 Å². The Morgan fingerprint density at radius 2 is 1.66 bits per heavy atom. The number of rotatable bonds is 10. The Hall–Kier alpha value is -2.57. The van der Waals surface area contributed by atoms with Crippen LogP contribution in [0.15, 0.2) is 48.5 Å². The fraction of sp³-hybridized carbons (Fsp3) is 0.364. The van der Waals surface area contributed by atoms with E-state index in [0.29, 0.717) is 35.2 Å². The molecule has 0 bridgehead atoms. The molecule has 29 heavy (non-hydrogen) atoms. The highest BCUT2D eigenvalue weighted by atomic mass is 35.5. The molecule has 2 aromatic rings. The zero-order valence-corrected chi connectivity index (χ0v) is 17.7. The number of carbonyl (C=O) groups is 2. The van der Waals surface area contributed by atoms with Gasteiger partial charge in [0.15, 0.2) is 6.10 Å². The molecule has 0 aliphatic rings. The van der Waals surface area contributed by atoms with Crippen LogP contribution in [0.4, 0.5) is 5.69 Å². The van der Waals surface area contributed by atoms with Crippen molar-refractivity contribution in [1.82, 2.24) is 4.90 Å². The Labute approximate surface area is 176 Å². The third kappa shape index (κ3) is 7.40. The SMILES string of the molecule is CCN(CC)CCOC(=O)c1ccc(NC(=O)C(C)Oc2ccc(Cl)cc2)cc1. The van der Waals surface area contributed by atoms with E-state index in [-0.39, 0.29) is 11.9 Å². The van der Waals surface area contributed by atoms with Gasteiger partial charge in [-0.2, -0.15) is 0 Å². The lowest BCUT2D eigenvalue weighted by molar-refractivity contribution is -0.122. The van der Waals surface area contributed by atoms with Crippen molar-refractivity contribution < 1.29 is 19.1 Å². The summed E-state index contributed by atoms with van der Waals surface area (Å²) < 4.78 is 10.9. The summed E-state index contributed by atoms with van der Waals surface area (Å²) in [5.41, 5.74) is 1.01. The molecule has 0 saturated heterocycles. The molecule has 6 nitrogen and oxygen atoms in total. The second kappa shape index (κ2) is 11.4. The van der Waals surface area contributed by atoms with Crippen LogP contribution in [-0.2, 0) is 9.53 Å². The molecule has 156 valence electrons. The molecule has 0 saturated carbocycles. The van der Waals surface area contributed by atoms with Crippen molar-refractivity contribution >= 4 is 29.2 Å². The van der Waals surface area contributed by atoms with E-state index >= 15 is 0 Å². The van der Waals surface area contributed by atoms with Gasteiger partial charge in [0, 0.05) is 17.3 Å². The summed E-state index contributed by atoms with van der Waals surface area (Å²) in [5.74, 6) is -0.121. The van der Waals surface area contributed by atoms with Gasteiger partial charge in [-0.25, -0.2) is 4.79 Å². The van der Waals surface area contributed by atoms with E-state index in [4.69, 9.17) is 21.1 Å². The van der Waals surface area contributed by atoms with Gasteiger partial charge in [-0.1, -0.05) is 25.4 Å². The molecule has 0 spiro atoms. The molecule has 1 amide bonds. The number of nitrogens with one attached hydrogen (secondary N) is 1. The number of carbonyl (C=O) groups excluding carboxylic acids is 2. The third-order valence-electron chi connectivity index (χ3n) is 4.42. The Balaban J connectivity index is 1.83. The second-order valence-electron chi connectivity index (χ2n) is 6.44. The van der Waals surface area contributed by atoms with Crippen molar-refractivity contribution in [2.45, 2.75) is 26.9 Å². The van der Waals surface area contributed by atoms with E-state index in [1.165, 1.54) is 0 Å². The molecule has 7 heteroatoms. The highest BCUT2D eigenvalue weighted by Gasteiger charge is 2.15. The van der Waals surface area contributed by atoms with E-state index in [1.54, 1.807) is 55.5 Å². The van der Waals surface area contributed by atoms with Gasteiger partial charge in [0.05, 0.1) is 5.56 Å². The molecule has 0 aromatic heterocycles. The summed E-state index contributed by atoms with van der Waals surface area (Å²) in [5, 5.41) is 3.36. The number of anilines is 1. The summed E-state index contributed by atoms with van der Waals surface area (Å²) in [6.07, 6.45) is -0.694. The first kappa shape index (κ1) is 22.7. The van der Waals surface area contributed by atoms with Crippen molar-refractivity contribution in [3.8, 4) is 5.75 Å². The monoisotopic (exact) mass is 418 g/mol. The predicted octanol–water partition coefficient (Wildman–Crippen LogP) is 4.24. The van der Waals surface area contributed by atoms with Crippen LogP contribution in [0.1, 0.15) is 31.1 Å². The summed E-state index contributed by atoms with van der Waals surface area (Å²) in [7, 11) is 0. The normalized spacial score (nSPS) is 11.8. The Kier molecular flexibility index (Phi) is 8.96. The topological polar surface area (TPSA) is 67.9 Å². The number of nitrogens with zero attached hydrogens (tertiary/aromatic N) is 1. The van der Waals surface area contributed by atoms with E-state index in [1.807, 2.05) is 0 Å². The van der Waals surface area contributed by atoms with Gasteiger partial charge in [0.2, 0.25) is 0 Å². The number of hydrogen-bond donors (Lipinski definition) is 1. The first-order valence-electron chi connectivity index (χ1n) is 9.65. The highest BCUT2D eigenvalue weighted by molar-refractivity contribution is 6.30. The number of amides is 1. The van der Waals surface area contributed by atoms with Gasteiger partial charge in [-0.15, -0.1) is 0 Å². The van der Waals surface area contributed by atoms with E-state index in [0.717, 1.165) is 13.1 Å². The second-order valence-corrected chi connectivity index (χ2v) is 6.88. The molecule has 0 radical (unpaired) electrons.